The molecule has 7 nitrogen and oxygen atoms in total. The monoisotopic (exact) mass is 462 g/mol. The van der Waals surface area contributed by atoms with E-state index in [4.69, 9.17) is 11.6 Å². The number of carbonyl (C=O) groups is 1. The average Bonchev–Trinajstić information content (AvgIpc) is 3.26. The van der Waals surface area contributed by atoms with E-state index in [0.717, 1.165) is 11.9 Å². The molecule has 0 saturated carbocycles. The number of fused-ring (bicyclic) bond motifs is 1. The van der Waals surface area contributed by atoms with E-state index in [-0.39, 0.29) is 11.9 Å². The first-order chi connectivity index (χ1) is 15.3. The zero-order valence-corrected chi connectivity index (χ0v) is 18.8. The molecule has 2 aromatic rings. The second kappa shape index (κ2) is 7.81. The maximum atomic E-state index is 13.8. The van der Waals surface area contributed by atoms with Crippen LogP contribution < -0.4 is 9.80 Å². The summed E-state index contributed by atoms with van der Waals surface area (Å²) in [5, 5.41) is 4.17. The fourth-order valence-corrected chi connectivity index (χ4v) is 5.30. The van der Waals surface area contributed by atoms with Crippen molar-refractivity contribution in [1.82, 2.24) is 20.0 Å². The predicted molar refractivity (Wildman–Crippen MR) is 117 cm³/mol. The highest BCUT2D eigenvalue weighted by atomic mass is 35.5. The summed E-state index contributed by atoms with van der Waals surface area (Å²) in [6, 6.07) is 4.91. The standard InChI is InChI=1S/C22H25ClF2N6O/c1-28(2)19-12-18(23)26-21(27-19)29-7-4-22(5-8-29)13-30-6-3-17(31(30)20(22)32)14-9-15(24)11-16(25)10-14/h9-12,17H,3-8,13H2,1-2H3/t17-/m0/s1. The molecule has 3 aliphatic heterocycles. The van der Waals surface area contributed by atoms with Gasteiger partial charge in [0.15, 0.2) is 0 Å². The van der Waals surface area contributed by atoms with Gasteiger partial charge in [0.1, 0.15) is 22.6 Å². The Morgan fingerprint density at radius 3 is 2.41 bits per heavy atom. The summed E-state index contributed by atoms with van der Waals surface area (Å²) in [5.74, 6) is 0.105. The van der Waals surface area contributed by atoms with Crippen LogP contribution >= 0.6 is 11.6 Å². The van der Waals surface area contributed by atoms with Gasteiger partial charge in [0.2, 0.25) is 11.9 Å². The van der Waals surface area contributed by atoms with Crippen LogP contribution in [0, 0.1) is 17.0 Å². The first-order valence-electron chi connectivity index (χ1n) is 10.8. The number of hydrogen-bond donors (Lipinski definition) is 0. The molecule has 0 N–H and O–H groups in total. The summed E-state index contributed by atoms with van der Waals surface area (Å²) in [6.45, 7) is 2.61. The Morgan fingerprint density at radius 1 is 1.06 bits per heavy atom. The second-order valence-electron chi connectivity index (χ2n) is 9.06. The van der Waals surface area contributed by atoms with Gasteiger partial charge in [0, 0.05) is 52.4 Å². The van der Waals surface area contributed by atoms with E-state index in [0.29, 0.717) is 62.1 Å². The molecule has 1 aromatic heterocycles. The van der Waals surface area contributed by atoms with Crippen molar-refractivity contribution in [3.63, 3.8) is 0 Å². The molecular weight excluding hydrogens is 438 g/mol. The van der Waals surface area contributed by atoms with Crippen molar-refractivity contribution < 1.29 is 13.6 Å². The number of hydrogen-bond acceptors (Lipinski definition) is 6. The van der Waals surface area contributed by atoms with Crippen LogP contribution in [0.4, 0.5) is 20.5 Å². The number of anilines is 2. The van der Waals surface area contributed by atoms with Crippen molar-refractivity contribution in [2.75, 3.05) is 50.1 Å². The lowest BCUT2D eigenvalue weighted by atomic mass is 9.78. The second-order valence-corrected chi connectivity index (χ2v) is 9.44. The molecule has 1 spiro atoms. The minimum atomic E-state index is -0.619. The zero-order valence-electron chi connectivity index (χ0n) is 18.1. The molecule has 1 amide bonds. The number of benzene rings is 1. The molecule has 5 rings (SSSR count). The van der Waals surface area contributed by atoms with Crippen LogP contribution in [-0.4, -0.2) is 66.2 Å². The summed E-state index contributed by atoms with van der Waals surface area (Å²) < 4.78 is 27.6. The van der Waals surface area contributed by atoms with Gasteiger partial charge in [-0.25, -0.2) is 18.8 Å². The Kier molecular flexibility index (Phi) is 5.21. The van der Waals surface area contributed by atoms with Gasteiger partial charge in [-0.05, 0) is 37.0 Å². The van der Waals surface area contributed by atoms with Crippen molar-refractivity contribution in [2.45, 2.75) is 25.3 Å². The first-order valence-corrected chi connectivity index (χ1v) is 11.1. The maximum Gasteiger partial charge on any atom is 0.245 e. The van der Waals surface area contributed by atoms with Gasteiger partial charge in [-0.2, -0.15) is 4.98 Å². The number of halogens is 3. The lowest BCUT2D eigenvalue weighted by Crippen LogP contribution is -2.46. The average molecular weight is 463 g/mol. The molecule has 170 valence electrons. The summed E-state index contributed by atoms with van der Waals surface area (Å²) in [6.07, 6.45) is 1.99. The predicted octanol–water partition coefficient (Wildman–Crippen LogP) is 3.27. The molecular formula is C22H25ClF2N6O. The van der Waals surface area contributed by atoms with Gasteiger partial charge in [0.25, 0.3) is 0 Å². The Balaban J connectivity index is 1.34. The van der Waals surface area contributed by atoms with E-state index < -0.39 is 17.0 Å². The van der Waals surface area contributed by atoms with E-state index in [1.54, 1.807) is 11.1 Å². The van der Waals surface area contributed by atoms with E-state index in [1.165, 1.54) is 12.1 Å². The highest BCUT2D eigenvalue weighted by Crippen LogP contribution is 2.47. The molecule has 3 saturated heterocycles. The van der Waals surface area contributed by atoms with E-state index >= 15 is 0 Å². The summed E-state index contributed by atoms with van der Waals surface area (Å²) in [4.78, 5) is 26.5. The third-order valence-corrected chi connectivity index (χ3v) is 7.00. The molecule has 32 heavy (non-hydrogen) atoms. The third-order valence-electron chi connectivity index (χ3n) is 6.81. The van der Waals surface area contributed by atoms with Gasteiger partial charge in [0.05, 0.1) is 11.5 Å². The Bertz CT molecular complexity index is 1040. The largest absolute Gasteiger partial charge is 0.363 e. The maximum absolute atomic E-state index is 13.8. The smallest absolute Gasteiger partial charge is 0.245 e. The molecule has 10 heteroatoms. The lowest BCUT2D eigenvalue weighted by molar-refractivity contribution is -0.143. The molecule has 4 heterocycles. The fraction of sp³-hybridized carbons (Fsp3) is 0.500. The molecule has 0 aliphatic carbocycles. The van der Waals surface area contributed by atoms with Gasteiger partial charge in [-0.3, -0.25) is 9.80 Å². The minimum Gasteiger partial charge on any atom is -0.363 e. The van der Waals surface area contributed by atoms with Crippen LogP contribution in [0.2, 0.25) is 5.15 Å². The van der Waals surface area contributed by atoms with Gasteiger partial charge in [-0.15, -0.1) is 0 Å². The summed E-state index contributed by atoms with van der Waals surface area (Å²) >= 11 is 6.19. The minimum absolute atomic E-state index is 0.0466. The quantitative estimate of drug-likeness (QED) is 0.653. The van der Waals surface area contributed by atoms with Crippen LogP contribution in [0.3, 0.4) is 0 Å². The SMILES string of the molecule is CN(C)c1cc(Cl)nc(N2CCC3(CC2)CN2CC[C@@H](c4cc(F)cc(F)c4)N2C3=O)n1. The number of amides is 1. The van der Waals surface area contributed by atoms with E-state index in [9.17, 15) is 13.6 Å². The zero-order chi connectivity index (χ0) is 22.6. The van der Waals surface area contributed by atoms with Crippen molar-refractivity contribution in [3.8, 4) is 0 Å². The number of piperidine rings is 1. The first kappa shape index (κ1) is 21.3. The van der Waals surface area contributed by atoms with E-state index in [1.807, 2.05) is 24.0 Å². The lowest BCUT2D eigenvalue weighted by Gasteiger charge is -2.38. The van der Waals surface area contributed by atoms with Gasteiger partial charge >= 0.3 is 0 Å². The highest BCUT2D eigenvalue weighted by molar-refractivity contribution is 6.29. The molecule has 1 atom stereocenters. The van der Waals surface area contributed by atoms with Crippen LogP contribution in [0.5, 0.6) is 0 Å². The molecule has 3 aliphatic rings. The molecule has 0 radical (unpaired) electrons. The number of aromatic nitrogens is 2. The molecule has 1 aromatic carbocycles. The third kappa shape index (κ3) is 3.57. The van der Waals surface area contributed by atoms with E-state index in [2.05, 4.69) is 14.9 Å². The van der Waals surface area contributed by atoms with Crippen molar-refractivity contribution >= 4 is 29.3 Å². The number of hydrazine groups is 1. The van der Waals surface area contributed by atoms with Crippen molar-refractivity contribution in [1.29, 1.82) is 0 Å². The van der Waals surface area contributed by atoms with Gasteiger partial charge in [-0.1, -0.05) is 11.6 Å². The topological polar surface area (TPSA) is 55.8 Å². The Hall–Kier alpha value is -2.52. The fourth-order valence-electron chi connectivity index (χ4n) is 5.13. The van der Waals surface area contributed by atoms with Crippen LogP contribution in [-0.2, 0) is 4.79 Å². The number of nitrogens with zero attached hydrogens (tertiary/aromatic N) is 6. The van der Waals surface area contributed by atoms with Gasteiger partial charge < -0.3 is 9.80 Å². The number of carbonyl (C=O) groups excluding carboxylic acids is 1. The normalized spacial score (nSPS) is 22.7. The van der Waals surface area contributed by atoms with Crippen LogP contribution in [0.15, 0.2) is 24.3 Å². The molecule has 0 unspecified atom stereocenters. The Morgan fingerprint density at radius 2 is 1.75 bits per heavy atom. The Labute approximate surface area is 190 Å². The van der Waals surface area contributed by atoms with Crippen LogP contribution in [0.1, 0.15) is 30.9 Å². The highest BCUT2D eigenvalue weighted by Gasteiger charge is 2.56. The van der Waals surface area contributed by atoms with Crippen molar-refractivity contribution in [2.24, 2.45) is 5.41 Å². The number of rotatable bonds is 3. The van der Waals surface area contributed by atoms with Crippen molar-refractivity contribution in [3.05, 3.63) is 46.6 Å². The summed E-state index contributed by atoms with van der Waals surface area (Å²) in [7, 11) is 3.79. The molecule has 3 fully saturated rings. The van der Waals surface area contributed by atoms with Crippen LogP contribution in [0.25, 0.3) is 0 Å². The summed E-state index contributed by atoms with van der Waals surface area (Å²) in [5.41, 5.74) is 0.0145. The molecule has 0 bridgehead atoms.